The second-order valence-electron chi connectivity index (χ2n) is 5.98. The minimum Gasteiger partial charge on any atom is -0.497 e. The standard InChI is InChI=1S/C19H20FNO4/c1-24-15-7-8-16(18(10-15)25-2)19(23)21-11-14(22)9-17(21)12-3-5-13(20)6-4-12/h3-8,10,14,17,22H,9,11H2,1-2H3/t14-,17-/m0/s1. The van der Waals surface area contributed by atoms with Gasteiger partial charge in [0.05, 0.1) is 31.9 Å². The molecule has 6 heteroatoms. The summed E-state index contributed by atoms with van der Waals surface area (Å²) in [6.07, 6.45) is -0.209. The fourth-order valence-electron chi connectivity index (χ4n) is 3.17. The smallest absolute Gasteiger partial charge is 0.258 e. The van der Waals surface area contributed by atoms with Crippen molar-refractivity contribution in [3.05, 3.63) is 59.4 Å². The summed E-state index contributed by atoms with van der Waals surface area (Å²) in [5.74, 6) is 0.413. The van der Waals surface area contributed by atoms with Crippen molar-refractivity contribution in [3.8, 4) is 11.5 Å². The molecule has 1 saturated heterocycles. The van der Waals surface area contributed by atoms with Crippen LogP contribution in [0.15, 0.2) is 42.5 Å². The summed E-state index contributed by atoms with van der Waals surface area (Å²) < 4.78 is 23.7. The Morgan fingerprint density at radius 1 is 1.16 bits per heavy atom. The van der Waals surface area contributed by atoms with Crippen LogP contribution in [0.3, 0.4) is 0 Å². The van der Waals surface area contributed by atoms with Gasteiger partial charge in [-0.3, -0.25) is 4.79 Å². The van der Waals surface area contributed by atoms with Gasteiger partial charge in [-0.15, -0.1) is 0 Å². The molecule has 0 saturated carbocycles. The Labute approximate surface area is 145 Å². The van der Waals surface area contributed by atoms with Crippen LogP contribution in [0.1, 0.15) is 28.4 Å². The number of carbonyl (C=O) groups excluding carboxylic acids is 1. The highest BCUT2D eigenvalue weighted by Crippen LogP contribution is 2.35. The zero-order chi connectivity index (χ0) is 18.0. The second-order valence-corrected chi connectivity index (χ2v) is 5.98. The van der Waals surface area contributed by atoms with Gasteiger partial charge < -0.3 is 19.5 Å². The number of methoxy groups -OCH3 is 2. The van der Waals surface area contributed by atoms with Gasteiger partial charge in [0.2, 0.25) is 0 Å². The molecule has 0 aromatic heterocycles. The Hall–Kier alpha value is -2.60. The molecule has 1 N–H and O–H groups in total. The van der Waals surface area contributed by atoms with E-state index in [0.29, 0.717) is 23.5 Å². The molecule has 0 unspecified atom stereocenters. The van der Waals surface area contributed by atoms with E-state index in [9.17, 15) is 14.3 Å². The third-order valence-electron chi connectivity index (χ3n) is 4.43. The molecule has 0 aliphatic carbocycles. The molecule has 2 aromatic carbocycles. The molecule has 2 aromatic rings. The predicted octanol–water partition coefficient (Wildman–Crippen LogP) is 2.79. The van der Waals surface area contributed by atoms with Crippen molar-refractivity contribution < 1.29 is 23.8 Å². The Balaban J connectivity index is 1.93. The third-order valence-corrected chi connectivity index (χ3v) is 4.43. The first-order valence-corrected chi connectivity index (χ1v) is 8.00. The number of rotatable bonds is 4. The van der Waals surface area contributed by atoms with Crippen molar-refractivity contribution in [3.63, 3.8) is 0 Å². The summed E-state index contributed by atoms with van der Waals surface area (Å²) in [4.78, 5) is 14.6. The molecule has 132 valence electrons. The van der Waals surface area contributed by atoms with Crippen molar-refractivity contribution in [1.29, 1.82) is 0 Å². The van der Waals surface area contributed by atoms with Gasteiger partial charge in [-0.25, -0.2) is 4.39 Å². The maximum absolute atomic E-state index is 13.2. The number of ether oxygens (including phenoxy) is 2. The van der Waals surface area contributed by atoms with Gasteiger partial charge in [0.15, 0.2) is 0 Å². The summed E-state index contributed by atoms with van der Waals surface area (Å²) in [5, 5.41) is 10.1. The van der Waals surface area contributed by atoms with Crippen molar-refractivity contribution in [2.75, 3.05) is 20.8 Å². The zero-order valence-electron chi connectivity index (χ0n) is 14.1. The monoisotopic (exact) mass is 345 g/mol. The Morgan fingerprint density at radius 2 is 1.88 bits per heavy atom. The van der Waals surface area contributed by atoms with Gasteiger partial charge in [-0.1, -0.05) is 12.1 Å². The van der Waals surface area contributed by atoms with Crippen molar-refractivity contribution in [1.82, 2.24) is 4.90 Å². The lowest BCUT2D eigenvalue weighted by molar-refractivity contribution is 0.0712. The number of halogens is 1. The molecule has 1 heterocycles. The minimum absolute atomic E-state index is 0.218. The average Bonchev–Trinajstić information content (AvgIpc) is 3.02. The van der Waals surface area contributed by atoms with E-state index in [1.54, 1.807) is 35.2 Å². The normalized spacial score (nSPS) is 19.8. The van der Waals surface area contributed by atoms with E-state index in [1.165, 1.54) is 26.4 Å². The molecular weight excluding hydrogens is 325 g/mol. The number of hydrogen-bond donors (Lipinski definition) is 1. The molecule has 3 rings (SSSR count). The van der Waals surface area contributed by atoms with Crippen LogP contribution in [-0.4, -0.2) is 42.8 Å². The average molecular weight is 345 g/mol. The van der Waals surface area contributed by atoms with Gasteiger partial charge in [0, 0.05) is 12.6 Å². The van der Waals surface area contributed by atoms with E-state index in [-0.39, 0.29) is 24.3 Å². The van der Waals surface area contributed by atoms with Gasteiger partial charge in [-0.05, 0) is 36.2 Å². The lowest BCUT2D eigenvalue weighted by atomic mass is 10.0. The summed E-state index contributed by atoms with van der Waals surface area (Å²) >= 11 is 0. The molecule has 1 fully saturated rings. The van der Waals surface area contributed by atoms with Gasteiger partial charge in [-0.2, -0.15) is 0 Å². The summed E-state index contributed by atoms with van der Waals surface area (Å²) in [6.45, 7) is 0.218. The molecule has 0 spiro atoms. The number of carbonyl (C=O) groups is 1. The lowest BCUT2D eigenvalue weighted by Crippen LogP contribution is -2.32. The highest BCUT2D eigenvalue weighted by Gasteiger charge is 2.36. The fourth-order valence-corrected chi connectivity index (χ4v) is 3.17. The fraction of sp³-hybridized carbons (Fsp3) is 0.316. The van der Waals surface area contributed by atoms with Crippen LogP contribution in [0.25, 0.3) is 0 Å². The van der Waals surface area contributed by atoms with E-state index in [0.717, 1.165) is 5.56 Å². The van der Waals surface area contributed by atoms with Crippen LogP contribution in [0.4, 0.5) is 4.39 Å². The first-order valence-electron chi connectivity index (χ1n) is 8.00. The molecule has 1 aliphatic heterocycles. The molecule has 5 nitrogen and oxygen atoms in total. The highest BCUT2D eigenvalue weighted by atomic mass is 19.1. The zero-order valence-corrected chi connectivity index (χ0v) is 14.1. The largest absolute Gasteiger partial charge is 0.497 e. The van der Waals surface area contributed by atoms with Crippen LogP contribution in [0.2, 0.25) is 0 Å². The molecule has 0 bridgehead atoms. The number of hydrogen-bond acceptors (Lipinski definition) is 4. The van der Waals surface area contributed by atoms with Crippen LogP contribution >= 0.6 is 0 Å². The van der Waals surface area contributed by atoms with Crippen molar-refractivity contribution in [2.24, 2.45) is 0 Å². The quantitative estimate of drug-likeness (QED) is 0.926. The summed E-state index contributed by atoms with van der Waals surface area (Å²) in [7, 11) is 3.03. The summed E-state index contributed by atoms with van der Waals surface area (Å²) in [6, 6.07) is 10.7. The topological polar surface area (TPSA) is 59.0 Å². The number of β-amino-alcohol motifs (C(OH)–C–C–N with tert-alkyl or cyclic N) is 1. The maximum atomic E-state index is 13.2. The Bertz CT molecular complexity index is 763. The number of benzene rings is 2. The van der Waals surface area contributed by atoms with E-state index in [1.807, 2.05) is 0 Å². The lowest BCUT2D eigenvalue weighted by Gasteiger charge is -2.25. The van der Waals surface area contributed by atoms with Crippen LogP contribution < -0.4 is 9.47 Å². The Kier molecular flexibility index (Phi) is 4.90. The van der Waals surface area contributed by atoms with Crippen molar-refractivity contribution >= 4 is 5.91 Å². The molecule has 1 amide bonds. The van der Waals surface area contributed by atoms with Gasteiger partial charge in [0.25, 0.3) is 5.91 Å². The van der Waals surface area contributed by atoms with E-state index in [4.69, 9.17) is 9.47 Å². The Morgan fingerprint density at radius 3 is 2.52 bits per heavy atom. The predicted molar refractivity (Wildman–Crippen MR) is 90.3 cm³/mol. The number of nitrogens with zero attached hydrogens (tertiary/aromatic N) is 1. The molecule has 25 heavy (non-hydrogen) atoms. The van der Waals surface area contributed by atoms with Crippen LogP contribution in [0.5, 0.6) is 11.5 Å². The van der Waals surface area contributed by atoms with Crippen LogP contribution in [0, 0.1) is 5.82 Å². The van der Waals surface area contributed by atoms with E-state index >= 15 is 0 Å². The molecule has 2 atom stereocenters. The molecule has 1 aliphatic rings. The van der Waals surface area contributed by atoms with Gasteiger partial charge >= 0.3 is 0 Å². The second kappa shape index (κ2) is 7.11. The minimum atomic E-state index is -0.622. The van der Waals surface area contributed by atoms with Crippen LogP contribution in [-0.2, 0) is 0 Å². The number of likely N-dealkylation sites (tertiary alicyclic amines) is 1. The summed E-state index contributed by atoms with van der Waals surface area (Å²) in [5.41, 5.74) is 1.18. The maximum Gasteiger partial charge on any atom is 0.258 e. The first kappa shape index (κ1) is 17.2. The number of aliphatic hydroxyl groups excluding tert-OH is 1. The first-order chi connectivity index (χ1) is 12.0. The highest BCUT2D eigenvalue weighted by molar-refractivity contribution is 5.97. The number of amides is 1. The molecular formula is C19H20FNO4. The van der Waals surface area contributed by atoms with E-state index < -0.39 is 6.10 Å². The third kappa shape index (κ3) is 3.44. The molecule has 0 radical (unpaired) electrons. The van der Waals surface area contributed by atoms with Crippen molar-refractivity contribution in [2.45, 2.75) is 18.6 Å². The van der Waals surface area contributed by atoms with Gasteiger partial charge in [0.1, 0.15) is 17.3 Å². The van der Waals surface area contributed by atoms with E-state index in [2.05, 4.69) is 0 Å². The number of aliphatic hydroxyl groups is 1. The SMILES string of the molecule is COc1ccc(C(=O)N2C[C@@H](O)C[C@H]2c2ccc(F)cc2)c(OC)c1.